The third-order valence-electron chi connectivity index (χ3n) is 5.92. The Kier molecular flexibility index (Phi) is 7.92. The number of pyridine rings is 1. The van der Waals surface area contributed by atoms with Crippen molar-refractivity contribution < 1.29 is 33.3 Å². The second kappa shape index (κ2) is 11.1. The molecular weight excluding hydrogens is 640 g/mol. The fourth-order valence-electron chi connectivity index (χ4n) is 4.17. The first-order valence-corrected chi connectivity index (χ1v) is 11.2. The summed E-state index contributed by atoms with van der Waals surface area (Å²) in [4.78, 5) is 6.42. The van der Waals surface area contributed by atoms with Crippen LogP contribution in [0.4, 0.5) is 13.2 Å². The molecule has 36 heavy (non-hydrogen) atoms. The summed E-state index contributed by atoms with van der Waals surface area (Å²) >= 11 is 0. The van der Waals surface area contributed by atoms with Crippen LogP contribution < -0.4 is 0 Å². The Bertz CT molecular complexity index is 1340. The van der Waals surface area contributed by atoms with E-state index in [2.05, 4.69) is 45.7 Å². The first kappa shape index (κ1) is 25.7. The number of aromatic nitrogens is 1. The summed E-state index contributed by atoms with van der Waals surface area (Å²) in [6.45, 7) is 1.08. The quantitative estimate of drug-likeness (QED) is 0.210. The maximum atomic E-state index is 12.8. The van der Waals surface area contributed by atoms with Crippen molar-refractivity contribution in [3.05, 3.63) is 132 Å². The van der Waals surface area contributed by atoms with E-state index >= 15 is 0 Å². The first-order valence-electron chi connectivity index (χ1n) is 11.2. The minimum absolute atomic E-state index is 0. The molecule has 0 radical (unpaired) electrons. The second-order valence-electron chi connectivity index (χ2n) is 8.19. The van der Waals surface area contributed by atoms with Crippen molar-refractivity contribution in [2.45, 2.75) is 18.8 Å². The van der Waals surface area contributed by atoms with Crippen LogP contribution >= 0.6 is 0 Å². The molecule has 4 aromatic rings. The van der Waals surface area contributed by atoms with Gasteiger partial charge in [-0.25, -0.2) is 0 Å². The van der Waals surface area contributed by atoms with Crippen molar-refractivity contribution in [1.82, 2.24) is 9.88 Å². The molecule has 2 aliphatic rings. The maximum absolute atomic E-state index is 12.8. The second-order valence-corrected chi connectivity index (χ2v) is 8.19. The number of halogens is 3. The van der Waals surface area contributed by atoms with E-state index in [0.717, 1.165) is 30.2 Å². The van der Waals surface area contributed by atoms with E-state index in [4.69, 9.17) is 0 Å². The molecule has 1 unspecified atom stereocenters. The van der Waals surface area contributed by atoms with Gasteiger partial charge in [0.25, 0.3) is 0 Å². The summed E-state index contributed by atoms with van der Waals surface area (Å²) in [5.41, 5.74) is 4.53. The van der Waals surface area contributed by atoms with Gasteiger partial charge in [-0.15, -0.1) is 29.8 Å². The Balaban J connectivity index is 0.000000185. The van der Waals surface area contributed by atoms with Gasteiger partial charge in [-0.1, -0.05) is 42.8 Å². The predicted octanol–water partition coefficient (Wildman–Crippen LogP) is 7.43. The minimum Gasteiger partial charge on any atom is -0.668 e. The van der Waals surface area contributed by atoms with E-state index in [1.807, 2.05) is 48.7 Å². The van der Waals surface area contributed by atoms with Crippen LogP contribution in [0.3, 0.4) is 0 Å². The summed E-state index contributed by atoms with van der Waals surface area (Å²) in [5, 5.41) is 4.41. The zero-order valence-electron chi connectivity index (χ0n) is 19.0. The van der Waals surface area contributed by atoms with Gasteiger partial charge in [-0.2, -0.15) is 54.8 Å². The smallest absolute Gasteiger partial charge is 0.668 e. The van der Waals surface area contributed by atoms with Gasteiger partial charge in [0.05, 0.1) is 0 Å². The van der Waals surface area contributed by atoms with Gasteiger partial charge in [-0.3, -0.25) is 0 Å². The number of alkyl halides is 3. The molecule has 1 atom stereocenters. The number of benzene rings is 3. The van der Waals surface area contributed by atoms with Crippen molar-refractivity contribution in [2.75, 3.05) is 6.54 Å². The monoisotopic (exact) mass is 661 g/mol. The number of hydrogen-bond acceptors (Lipinski definition) is 2. The van der Waals surface area contributed by atoms with Crippen LogP contribution in [0.5, 0.6) is 0 Å². The largest absolute Gasteiger partial charge is 3.00 e. The van der Waals surface area contributed by atoms with E-state index in [1.54, 1.807) is 18.3 Å². The molecule has 182 valence electrons. The van der Waals surface area contributed by atoms with Crippen LogP contribution in [0.15, 0.2) is 97.5 Å². The summed E-state index contributed by atoms with van der Waals surface area (Å²) in [5.74, 6) is 0. The Hall–Kier alpha value is -3.41. The number of hydrogen-bond donors (Lipinski definition) is 0. The summed E-state index contributed by atoms with van der Waals surface area (Å²) in [6.07, 6.45) is 2.46. The van der Waals surface area contributed by atoms with Gasteiger partial charge in [0.15, 0.2) is 0 Å². The average molecular weight is 661 g/mol. The summed E-state index contributed by atoms with van der Waals surface area (Å²) in [7, 11) is 0. The van der Waals surface area contributed by atoms with Crippen molar-refractivity contribution in [1.29, 1.82) is 0 Å². The summed E-state index contributed by atoms with van der Waals surface area (Å²) < 4.78 is 38.3. The summed E-state index contributed by atoms with van der Waals surface area (Å²) in [6, 6.07) is 29.0. The van der Waals surface area contributed by atoms with E-state index in [0.29, 0.717) is 11.3 Å². The number of fused-ring (bicyclic) bond motifs is 3. The SMILES string of the molecule is FC(F)(F)c1[c-]c(-c2cc(-c3ccccc3)ccn2)ccc1.[Ir+3].[c-]1cccc2c1C1[N-]C=CN1CC2. The first-order chi connectivity index (χ1) is 17.0. The van der Waals surface area contributed by atoms with Gasteiger partial charge >= 0.3 is 26.3 Å². The van der Waals surface area contributed by atoms with Gasteiger partial charge < -0.3 is 15.2 Å². The molecule has 3 heterocycles. The molecule has 1 aromatic heterocycles. The van der Waals surface area contributed by atoms with Gasteiger partial charge in [0, 0.05) is 12.7 Å². The molecule has 2 aliphatic heterocycles. The molecular formula is C29H21F3IrN3. The van der Waals surface area contributed by atoms with Crippen molar-refractivity contribution >= 4 is 0 Å². The molecule has 0 N–H and O–H groups in total. The van der Waals surface area contributed by atoms with E-state index < -0.39 is 11.7 Å². The Labute approximate surface area is 222 Å². The predicted molar refractivity (Wildman–Crippen MR) is 130 cm³/mol. The molecule has 6 rings (SSSR count). The maximum Gasteiger partial charge on any atom is 3.00 e. The molecule has 0 spiro atoms. The molecule has 0 saturated carbocycles. The van der Waals surface area contributed by atoms with E-state index in [9.17, 15) is 13.2 Å². The van der Waals surface area contributed by atoms with Crippen LogP contribution in [-0.4, -0.2) is 16.4 Å². The van der Waals surface area contributed by atoms with E-state index in [1.165, 1.54) is 17.2 Å². The normalized spacial score (nSPS) is 15.5. The van der Waals surface area contributed by atoms with Gasteiger partial charge in [0.2, 0.25) is 0 Å². The van der Waals surface area contributed by atoms with Crippen molar-refractivity contribution in [2.24, 2.45) is 0 Å². The van der Waals surface area contributed by atoms with Gasteiger partial charge in [-0.05, 0) is 40.8 Å². The van der Waals surface area contributed by atoms with Crippen molar-refractivity contribution in [3.63, 3.8) is 0 Å². The third-order valence-corrected chi connectivity index (χ3v) is 5.92. The molecule has 3 nitrogen and oxygen atoms in total. The zero-order chi connectivity index (χ0) is 24.3. The standard InChI is InChI=1S/C18H11F3N.C11H10N2.Ir/c19-18(20,21)16-8-4-7-15(11-16)17-12-14(9-10-22-17)13-5-2-1-3-6-13;1-2-4-10-9(3-1)5-7-13-8-6-12-11(10)13;/h1-10,12H;1-3,6,8,11H,5,7H2;/q-1;-2;+3. The molecule has 0 fully saturated rings. The molecule has 0 bridgehead atoms. The molecule has 7 heteroatoms. The van der Waals surface area contributed by atoms with Crippen LogP contribution in [0.2, 0.25) is 0 Å². The van der Waals surface area contributed by atoms with Crippen LogP contribution in [0.1, 0.15) is 22.9 Å². The van der Waals surface area contributed by atoms with Crippen molar-refractivity contribution in [3.8, 4) is 22.4 Å². The number of rotatable bonds is 2. The topological polar surface area (TPSA) is 30.2 Å². The van der Waals surface area contributed by atoms with Crippen LogP contribution in [0, 0.1) is 12.1 Å². The average Bonchev–Trinajstić information content (AvgIpc) is 3.39. The Morgan fingerprint density at radius 2 is 1.78 bits per heavy atom. The van der Waals surface area contributed by atoms with E-state index in [-0.39, 0.29) is 26.3 Å². The van der Waals surface area contributed by atoms with Crippen LogP contribution in [-0.2, 0) is 32.7 Å². The molecule has 3 aromatic carbocycles. The molecule has 0 saturated heterocycles. The zero-order valence-corrected chi connectivity index (χ0v) is 21.4. The third kappa shape index (κ3) is 5.69. The molecule has 0 amide bonds. The Morgan fingerprint density at radius 3 is 2.58 bits per heavy atom. The number of nitrogens with zero attached hydrogens (tertiary/aromatic N) is 3. The van der Waals surface area contributed by atoms with Gasteiger partial charge in [0.1, 0.15) is 0 Å². The fourth-order valence-corrected chi connectivity index (χ4v) is 4.17. The molecule has 0 aliphatic carbocycles. The fraction of sp³-hybridized carbons (Fsp3) is 0.138. The Morgan fingerprint density at radius 1 is 0.944 bits per heavy atom. The van der Waals surface area contributed by atoms with Crippen LogP contribution in [0.25, 0.3) is 27.7 Å². The minimum atomic E-state index is -4.41.